The zero-order valence-electron chi connectivity index (χ0n) is 10.5. The van der Waals surface area contributed by atoms with E-state index in [0.717, 1.165) is 31.1 Å². The number of nitrogens with one attached hydrogen (secondary N) is 1. The zero-order valence-corrected chi connectivity index (χ0v) is 10.5. The first-order valence-corrected chi connectivity index (χ1v) is 6.31. The first-order valence-electron chi connectivity index (χ1n) is 6.31. The third-order valence-corrected chi connectivity index (χ3v) is 3.27. The van der Waals surface area contributed by atoms with Crippen LogP contribution in [0.3, 0.4) is 0 Å². The van der Waals surface area contributed by atoms with Gasteiger partial charge in [-0.15, -0.1) is 0 Å². The summed E-state index contributed by atoms with van der Waals surface area (Å²) in [6, 6.07) is 14.1. The van der Waals surface area contributed by atoms with Gasteiger partial charge in [-0.1, -0.05) is 18.2 Å². The summed E-state index contributed by atoms with van der Waals surface area (Å²) in [5.74, 6) is 0.737. The summed E-state index contributed by atoms with van der Waals surface area (Å²) in [7, 11) is 0. The maximum absolute atomic E-state index is 9.24. The molecule has 0 atom stereocenters. The second-order valence-corrected chi connectivity index (χ2v) is 4.44. The van der Waals surface area contributed by atoms with Gasteiger partial charge in [0.1, 0.15) is 6.07 Å². The molecule has 0 amide bonds. The van der Waals surface area contributed by atoms with E-state index in [1.54, 1.807) is 12.3 Å². The van der Waals surface area contributed by atoms with Crippen LogP contribution in [0.15, 0.2) is 42.6 Å². The summed E-state index contributed by atoms with van der Waals surface area (Å²) >= 11 is 0. The molecule has 1 aliphatic rings. The highest BCUT2D eigenvalue weighted by atomic mass is 15.2. The van der Waals surface area contributed by atoms with Crippen LogP contribution >= 0.6 is 0 Å². The molecule has 0 saturated heterocycles. The van der Waals surface area contributed by atoms with Gasteiger partial charge >= 0.3 is 0 Å². The van der Waals surface area contributed by atoms with Crippen LogP contribution < -0.4 is 10.2 Å². The second-order valence-electron chi connectivity index (χ2n) is 4.44. The van der Waals surface area contributed by atoms with Crippen LogP contribution in [0.2, 0.25) is 0 Å². The molecule has 1 N–H and O–H groups in total. The van der Waals surface area contributed by atoms with Gasteiger partial charge in [0, 0.05) is 31.5 Å². The molecule has 0 radical (unpaired) electrons. The predicted octanol–water partition coefficient (Wildman–Crippen LogP) is 2.19. The number of fused-ring (bicyclic) bond motifs is 1. The van der Waals surface area contributed by atoms with Crippen molar-refractivity contribution in [3.05, 3.63) is 53.7 Å². The lowest BCUT2D eigenvalue weighted by Crippen LogP contribution is -2.25. The minimum Gasteiger partial charge on any atom is -0.324 e. The molecule has 3 rings (SSSR count). The molecule has 2 heterocycles. The average molecular weight is 250 g/mol. The molecule has 4 heteroatoms. The number of hydrogen-bond donors (Lipinski definition) is 1. The van der Waals surface area contributed by atoms with Crippen molar-refractivity contribution in [1.29, 1.82) is 5.26 Å². The molecule has 94 valence electrons. The molecule has 0 aliphatic carbocycles. The number of anilines is 2. The standard InChI is InChI=1S/C15H14N4/c16-10-12-5-3-7-18-15(12)19-9-8-17-11-13-4-1-2-6-14(13)19/h1-7,17H,8-9,11H2. The molecule has 1 aromatic carbocycles. The van der Waals surface area contributed by atoms with Gasteiger partial charge in [0.05, 0.1) is 5.56 Å². The summed E-state index contributed by atoms with van der Waals surface area (Å²) in [4.78, 5) is 6.51. The van der Waals surface area contributed by atoms with Gasteiger partial charge in [-0.2, -0.15) is 5.26 Å². The van der Waals surface area contributed by atoms with E-state index >= 15 is 0 Å². The van der Waals surface area contributed by atoms with Crippen molar-refractivity contribution < 1.29 is 0 Å². The molecule has 0 spiro atoms. The molecule has 0 fully saturated rings. The molecular formula is C15H14N4. The number of rotatable bonds is 1. The van der Waals surface area contributed by atoms with Crippen LogP contribution in [0.25, 0.3) is 0 Å². The Hall–Kier alpha value is -2.38. The Morgan fingerprint density at radius 3 is 3.00 bits per heavy atom. The molecule has 19 heavy (non-hydrogen) atoms. The smallest absolute Gasteiger partial charge is 0.150 e. The fraction of sp³-hybridized carbons (Fsp3) is 0.200. The highest BCUT2D eigenvalue weighted by molar-refractivity contribution is 5.68. The number of aromatic nitrogens is 1. The molecule has 2 aromatic rings. The van der Waals surface area contributed by atoms with Crippen LogP contribution in [0.1, 0.15) is 11.1 Å². The Kier molecular flexibility index (Phi) is 3.13. The second kappa shape index (κ2) is 5.09. The molecule has 0 unspecified atom stereocenters. The maximum Gasteiger partial charge on any atom is 0.150 e. The van der Waals surface area contributed by atoms with Crippen LogP contribution in [0, 0.1) is 11.3 Å². The lowest BCUT2D eigenvalue weighted by Gasteiger charge is -2.24. The van der Waals surface area contributed by atoms with E-state index in [1.165, 1.54) is 5.56 Å². The fourth-order valence-electron chi connectivity index (χ4n) is 2.38. The van der Waals surface area contributed by atoms with E-state index in [4.69, 9.17) is 0 Å². The van der Waals surface area contributed by atoms with Gasteiger partial charge < -0.3 is 10.2 Å². The van der Waals surface area contributed by atoms with Gasteiger partial charge in [0.15, 0.2) is 5.82 Å². The predicted molar refractivity (Wildman–Crippen MR) is 74.1 cm³/mol. The van der Waals surface area contributed by atoms with E-state index < -0.39 is 0 Å². The third kappa shape index (κ3) is 2.16. The van der Waals surface area contributed by atoms with Crippen molar-refractivity contribution in [1.82, 2.24) is 10.3 Å². The molecule has 4 nitrogen and oxygen atoms in total. The molecular weight excluding hydrogens is 236 g/mol. The van der Waals surface area contributed by atoms with Crippen molar-refractivity contribution in [2.75, 3.05) is 18.0 Å². The van der Waals surface area contributed by atoms with Crippen LogP contribution in [-0.2, 0) is 6.54 Å². The number of hydrogen-bond acceptors (Lipinski definition) is 4. The van der Waals surface area contributed by atoms with E-state index in [2.05, 4.69) is 33.4 Å². The summed E-state index contributed by atoms with van der Waals surface area (Å²) in [5.41, 5.74) is 2.97. The lowest BCUT2D eigenvalue weighted by atomic mass is 10.1. The van der Waals surface area contributed by atoms with Gasteiger partial charge in [-0.25, -0.2) is 4.98 Å². The lowest BCUT2D eigenvalue weighted by molar-refractivity contribution is 0.711. The Balaban J connectivity index is 2.12. The van der Waals surface area contributed by atoms with Crippen LogP contribution in [0.5, 0.6) is 0 Å². The van der Waals surface area contributed by atoms with Crippen LogP contribution in [-0.4, -0.2) is 18.1 Å². The SMILES string of the molecule is N#Cc1cccnc1N1CCNCc2ccccc21. The molecule has 0 saturated carbocycles. The van der Waals surface area contributed by atoms with E-state index in [0.29, 0.717) is 5.56 Å². The Morgan fingerprint density at radius 2 is 2.11 bits per heavy atom. The summed E-state index contributed by atoms with van der Waals surface area (Å²) in [6.45, 7) is 2.53. The van der Waals surface area contributed by atoms with Crippen molar-refractivity contribution in [3.63, 3.8) is 0 Å². The summed E-state index contributed by atoms with van der Waals surface area (Å²) in [6.07, 6.45) is 1.73. The van der Waals surface area contributed by atoms with Crippen LogP contribution in [0.4, 0.5) is 11.5 Å². The minimum atomic E-state index is 0.610. The van der Waals surface area contributed by atoms with Crippen molar-refractivity contribution >= 4 is 11.5 Å². The maximum atomic E-state index is 9.24. The van der Waals surface area contributed by atoms with Crippen molar-refractivity contribution in [2.24, 2.45) is 0 Å². The first-order chi connectivity index (χ1) is 9.40. The van der Waals surface area contributed by atoms with Gasteiger partial charge in [0.2, 0.25) is 0 Å². The number of para-hydroxylation sites is 1. The quantitative estimate of drug-likeness (QED) is 0.843. The molecule has 0 bridgehead atoms. The summed E-state index contributed by atoms with van der Waals surface area (Å²) in [5, 5.41) is 12.6. The normalized spacial score (nSPS) is 14.4. The highest BCUT2D eigenvalue weighted by Gasteiger charge is 2.19. The molecule has 1 aromatic heterocycles. The Morgan fingerprint density at radius 1 is 1.21 bits per heavy atom. The van der Waals surface area contributed by atoms with Gasteiger partial charge in [-0.05, 0) is 23.8 Å². The summed E-state index contributed by atoms with van der Waals surface area (Å²) < 4.78 is 0. The highest BCUT2D eigenvalue weighted by Crippen LogP contribution is 2.30. The number of nitrogens with zero attached hydrogens (tertiary/aromatic N) is 3. The van der Waals surface area contributed by atoms with E-state index in [1.807, 2.05) is 18.2 Å². The Labute approximate surface area is 112 Å². The topological polar surface area (TPSA) is 52.0 Å². The van der Waals surface area contributed by atoms with E-state index in [9.17, 15) is 5.26 Å². The zero-order chi connectivity index (χ0) is 13.1. The number of nitriles is 1. The van der Waals surface area contributed by atoms with E-state index in [-0.39, 0.29) is 0 Å². The fourth-order valence-corrected chi connectivity index (χ4v) is 2.38. The largest absolute Gasteiger partial charge is 0.324 e. The van der Waals surface area contributed by atoms with Crippen molar-refractivity contribution in [2.45, 2.75) is 6.54 Å². The van der Waals surface area contributed by atoms with Gasteiger partial charge in [-0.3, -0.25) is 0 Å². The van der Waals surface area contributed by atoms with Gasteiger partial charge in [0.25, 0.3) is 0 Å². The Bertz CT molecular complexity index is 630. The monoisotopic (exact) mass is 250 g/mol. The molecule has 1 aliphatic heterocycles. The third-order valence-electron chi connectivity index (χ3n) is 3.27. The minimum absolute atomic E-state index is 0.610. The number of benzene rings is 1. The average Bonchev–Trinajstić information content (AvgIpc) is 2.69. The number of pyridine rings is 1. The first kappa shape index (κ1) is 11.7. The van der Waals surface area contributed by atoms with Crippen molar-refractivity contribution in [3.8, 4) is 6.07 Å².